The second-order valence-corrected chi connectivity index (χ2v) is 4.12. The number of hydrogen-bond acceptors (Lipinski definition) is 3. The zero-order chi connectivity index (χ0) is 15.6. The first kappa shape index (κ1) is 14.4. The fraction of sp³-hybridized carbons (Fsp3) is 0. The van der Waals surface area contributed by atoms with Crippen LogP contribution < -0.4 is 5.32 Å². The largest absolute Gasteiger partial charge is 0.508 e. The molecule has 108 valence electrons. The van der Waals surface area contributed by atoms with Gasteiger partial charge in [-0.15, -0.1) is 0 Å². The predicted molar refractivity (Wildman–Crippen MR) is 69.4 cm³/mol. The number of carboxylic acid groups (broad SMARTS) is 1. The Bertz CT molecular complexity index is 714. The zero-order valence-corrected chi connectivity index (χ0v) is 10.4. The fourth-order valence-corrected chi connectivity index (χ4v) is 1.65. The molecule has 7 heteroatoms. The maximum atomic E-state index is 13.2. The van der Waals surface area contributed by atoms with Gasteiger partial charge in [0.05, 0.1) is 11.1 Å². The normalized spacial score (nSPS) is 10.2. The van der Waals surface area contributed by atoms with E-state index < -0.39 is 34.6 Å². The van der Waals surface area contributed by atoms with Gasteiger partial charge in [0.25, 0.3) is 5.91 Å². The molecule has 1 amide bonds. The molecule has 0 unspecified atom stereocenters. The molecule has 0 saturated heterocycles. The van der Waals surface area contributed by atoms with E-state index >= 15 is 0 Å². The molecule has 2 aromatic carbocycles. The molecule has 0 aliphatic heterocycles. The number of aromatic carboxylic acids is 1. The Labute approximate surface area is 117 Å². The topological polar surface area (TPSA) is 86.6 Å². The molecule has 2 aromatic rings. The van der Waals surface area contributed by atoms with Crippen LogP contribution in [0.5, 0.6) is 5.75 Å². The first-order chi connectivity index (χ1) is 9.88. The third kappa shape index (κ3) is 3.14. The first-order valence-electron chi connectivity index (χ1n) is 5.71. The summed E-state index contributed by atoms with van der Waals surface area (Å²) in [6, 6.07) is 6.32. The minimum absolute atomic E-state index is 0.0212. The van der Waals surface area contributed by atoms with E-state index in [1.807, 2.05) is 0 Å². The van der Waals surface area contributed by atoms with Crippen molar-refractivity contribution in [1.82, 2.24) is 0 Å². The van der Waals surface area contributed by atoms with Crippen LogP contribution in [0.2, 0.25) is 0 Å². The predicted octanol–water partition coefficient (Wildman–Crippen LogP) is 2.62. The van der Waals surface area contributed by atoms with Crippen LogP contribution in [0.25, 0.3) is 0 Å². The van der Waals surface area contributed by atoms with E-state index in [0.29, 0.717) is 12.1 Å². The molecule has 3 N–H and O–H groups in total. The van der Waals surface area contributed by atoms with Crippen molar-refractivity contribution < 1.29 is 28.6 Å². The Morgan fingerprint density at radius 3 is 2.00 bits per heavy atom. The number of anilines is 1. The molecule has 0 aromatic heterocycles. The molecule has 0 heterocycles. The van der Waals surface area contributed by atoms with Crippen LogP contribution in [0.4, 0.5) is 14.5 Å². The summed E-state index contributed by atoms with van der Waals surface area (Å²) >= 11 is 0. The molecular weight excluding hydrogens is 284 g/mol. The molecule has 0 saturated carbocycles. The van der Waals surface area contributed by atoms with E-state index in [1.165, 1.54) is 24.3 Å². The number of rotatable bonds is 3. The van der Waals surface area contributed by atoms with Gasteiger partial charge in [0.1, 0.15) is 5.75 Å². The first-order valence-corrected chi connectivity index (χ1v) is 5.71. The van der Waals surface area contributed by atoms with Crippen molar-refractivity contribution in [2.75, 3.05) is 5.32 Å². The number of amides is 1. The highest BCUT2D eigenvalue weighted by molar-refractivity contribution is 6.10. The maximum absolute atomic E-state index is 13.2. The van der Waals surface area contributed by atoms with Gasteiger partial charge in [0.15, 0.2) is 11.6 Å². The van der Waals surface area contributed by atoms with E-state index in [0.717, 1.165) is 0 Å². The lowest BCUT2D eigenvalue weighted by molar-refractivity contribution is 0.0691. The number of carboxylic acids is 1. The zero-order valence-electron chi connectivity index (χ0n) is 10.4. The molecule has 2 rings (SSSR count). The summed E-state index contributed by atoms with van der Waals surface area (Å²) in [6.45, 7) is 0. The quantitative estimate of drug-likeness (QED) is 0.759. The van der Waals surface area contributed by atoms with Crippen LogP contribution in [0.1, 0.15) is 20.7 Å². The van der Waals surface area contributed by atoms with Gasteiger partial charge in [0, 0.05) is 5.69 Å². The highest BCUT2D eigenvalue weighted by Gasteiger charge is 2.20. The van der Waals surface area contributed by atoms with E-state index in [1.54, 1.807) is 0 Å². The number of carbonyl (C=O) groups excluding carboxylic acids is 1. The number of carbonyl (C=O) groups is 2. The van der Waals surface area contributed by atoms with Gasteiger partial charge in [0.2, 0.25) is 0 Å². The summed E-state index contributed by atoms with van der Waals surface area (Å²) in [5, 5.41) is 20.4. The lowest BCUT2D eigenvalue weighted by Gasteiger charge is -2.08. The summed E-state index contributed by atoms with van der Waals surface area (Å²) in [5.41, 5.74) is -0.890. The third-order valence-electron chi connectivity index (χ3n) is 2.66. The van der Waals surface area contributed by atoms with Crippen LogP contribution in [0.15, 0.2) is 36.4 Å². The molecule has 0 aliphatic carbocycles. The minimum Gasteiger partial charge on any atom is -0.508 e. The smallest absolute Gasteiger partial charge is 0.336 e. The minimum atomic E-state index is -1.55. The van der Waals surface area contributed by atoms with Gasteiger partial charge in [-0.2, -0.15) is 0 Å². The number of benzene rings is 2. The number of phenolic OH excluding ortho intramolecular Hbond substituents is 1. The highest BCUT2D eigenvalue weighted by Crippen LogP contribution is 2.19. The van der Waals surface area contributed by atoms with Crippen LogP contribution in [-0.4, -0.2) is 22.1 Å². The lowest BCUT2D eigenvalue weighted by Crippen LogP contribution is -2.17. The second-order valence-electron chi connectivity index (χ2n) is 4.12. The van der Waals surface area contributed by atoms with E-state index in [-0.39, 0.29) is 11.4 Å². The standard InChI is InChI=1S/C14H9F2NO4/c15-11-5-9(10(14(20)21)6-12(11)16)13(19)17-7-1-3-8(18)4-2-7/h1-6,18H,(H,17,19)(H,20,21). The SMILES string of the molecule is O=C(O)c1cc(F)c(F)cc1C(=O)Nc1ccc(O)cc1. The summed E-state index contributed by atoms with van der Waals surface area (Å²) < 4.78 is 26.3. The Morgan fingerprint density at radius 1 is 0.952 bits per heavy atom. The molecule has 0 atom stereocenters. The van der Waals surface area contributed by atoms with Gasteiger partial charge in [-0.05, 0) is 36.4 Å². The number of aromatic hydroxyl groups is 1. The maximum Gasteiger partial charge on any atom is 0.336 e. The molecule has 0 fully saturated rings. The monoisotopic (exact) mass is 293 g/mol. The van der Waals surface area contributed by atoms with Crippen molar-refractivity contribution >= 4 is 17.6 Å². The van der Waals surface area contributed by atoms with Gasteiger partial charge < -0.3 is 15.5 Å². The molecule has 0 aliphatic rings. The third-order valence-corrected chi connectivity index (χ3v) is 2.66. The number of hydrogen-bond donors (Lipinski definition) is 3. The van der Waals surface area contributed by atoms with Crippen molar-refractivity contribution in [3.8, 4) is 5.75 Å². The summed E-state index contributed by atoms with van der Waals surface area (Å²) in [6.07, 6.45) is 0. The summed E-state index contributed by atoms with van der Waals surface area (Å²) in [5.74, 6) is -5.15. The van der Waals surface area contributed by atoms with Crippen molar-refractivity contribution in [1.29, 1.82) is 0 Å². The molecular formula is C14H9F2NO4. The number of nitrogens with one attached hydrogen (secondary N) is 1. The van der Waals surface area contributed by atoms with Crippen molar-refractivity contribution in [2.45, 2.75) is 0 Å². The van der Waals surface area contributed by atoms with Gasteiger partial charge in [-0.1, -0.05) is 0 Å². The Morgan fingerprint density at radius 2 is 1.48 bits per heavy atom. The molecule has 21 heavy (non-hydrogen) atoms. The second kappa shape index (κ2) is 5.58. The van der Waals surface area contributed by atoms with Crippen molar-refractivity contribution in [2.24, 2.45) is 0 Å². The molecule has 0 bridgehead atoms. The Kier molecular flexibility index (Phi) is 3.84. The van der Waals surface area contributed by atoms with Crippen LogP contribution >= 0.6 is 0 Å². The van der Waals surface area contributed by atoms with Crippen LogP contribution in [0.3, 0.4) is 0 Å². The van der Waals surface area contributed by atoms with Crippen LogP contribution in [0, 0.1) is 11.6 Å². The molecule has 0 radical (unpaired) electrons. The Hall–Kier alpha value is -2.96. The van der Waals surface area contributed by atoms with Gasteiger partial charge >= 0.3 is 5.97 Å². The van der Waals surface area contributed by atoms with Crippen molar-refractivity contribution in [3.63, 3.8) is 0 Å². The van der Waals surface area contributed by atoms with E-state index in [9.17, 15) is 18.4 Å². The number of halogens is 2. The van der Waals surface area contributed by atoms with Crippen LogP contribution in [-0.2, 0) is 0 Å². The van der Waals surface area contributed by atoms with Gasteiger partial charge in [-0.25, -0.2) is 13.6 Å². The molecule has 5 nitrogen and oxygen atoms in total. The average molecular weight is 293 g/mol. The average Bonchev–Trinajstić information content (AvgIpc) is 2.43. The summed E-state index contributed by atoms with van der Waals surface area (Å²) in [7, 11) is 0. The Balaban J connectivity index is 2.36. The molecule has 0 spiro atoms. The number of phenols is 1. The lowest BCUT2D eigenvalue weighted by atomic mass is 10.1. The summed E-state index contributed by atoms with van der Waals surface area (Å²) in [4.78, 5) is 22.9. The fourth-order valence-electron chi connectivity index (χ4n) is 1.65. The van der Waals surface area contributed by atoms with E-state index in [2.05, 4.69) is 5.32 Å². The van der Waals surface area contributed by atoms with E-state index in [4.69, 9.17) is 10.2 Å². The highest BCUT2D eigenvalue weighted by atomic mass is 19.2. The van der Waals surface area contributed by atoms with Gasteiger partial charge in [-0.3, -0.25) is 4.79 Å². The van der Waals surface area contributed by atoms with Crippen molar-refractivity contribution in [3.05, 3.63) is 59.2 Å².